The standard InChI is InChI=1S/C23H38N2O3/c1-3-5-6-7-8-9-10-11-12-13-14-15-23(27)25-24-19-20-16-17-21(26)22(18-20)28-4-2/h16-19,26H,3-15H2,1-2H3,(H,25,27). The molecule has 2 N–H and O–H groups in total. The van der Waals surface area contributed by atoms with Crippen LogP contribution in [0.2, 0.25) is 0 Å². The van der Waals surface area contributed by atoms with Crippen molar-refractivity contribution in [1.82, 2.24) is 5.43 Å². The number of hydrogen-bond acceptors (Lipinski definition) is 4. The number of ether oxygens (including phenoxy) is 1. The maximum Gasteiger partial charge on any atom is 0.240 e. The zero-order valence-electron chi connectivity index (χ0n) is 17.7. The molecule has 0 aliphatic rings. The van der Waals surface area contributed by atoms with Gasteiger partial charge in [0.15, 0.2) is 11.5 Å². The molecule has 0 aliphatic heterocycles. The van der Waals surface area contributed by atoms with Gasteiger partial charge < -0.3 is 9.84 Å². The topological polar surface area (TPSA) is 70.9 Å². The third kappa shape index (κ3) is 11.6. The molecule has 1 amide bonds. The number of amides is 1. The number of aromatic hydroxyl groups is 1. The predicted octanol–water partition coefficient (Wildman–Crippen LogP) is 5.94. The monoisotopic (exact) mass is 390 g/mol. The normalized spacial score (nSPS) is 11.1. The fraction of sp³-hybridized carbons (Fsp3) is 0.652. The molecule has 5 nitrogen and oxygen atoms in total. The highest BCUT2D eigenvalue weighted by Gasteiger charge is 2.03. The van der Waals surface area contributed by atoms with Gasteiger partial charge in [0, 0.05) is 6.42 Å². The Labute approximate surface area is 170 Å². The lowest BCUT2D eigenvalue weighted by atomic mass is 10.1. The van der Waals surface area contributed by atoms with Gasteiger partial charge in [-0.1, -0.05) is 71.1 Å². The number of nitrogens with one attached hydrogen (secondary N) is 1. The first-order chi connectivity index (χ1) is 13.7. The third-order valence-electron chi connectivity index (χ3n) is 4.69. The average Bonchev–Trinajstić information content (AvgIpc) is 2.69. The molecule has 0 fully saturated rings. The number of phenols is 1. The van der Waals surface area contributed by atoms with Gasteiger partial charge in [-0.15, -0.1) is 0 Å². The maximum atomic E-state index is 11.8. The van der Waals surface area contributed by atoms with Crippen molar-refractivity contribution >= 4 is 12.1 Å². The molecule has 1 aromatic carbocycles. The first-order valence-corrected chi connectivity index (χ1v) is 10.9. The molecule has 1 aromatic rings. The molecule has 28 heavy (non-hydrogen) atoms. The van der Waals surface area contributed by atoms with Crippen LogP contribution < -0.4 is 10.2 Å². The van der Waals surface area contributed by atoms with E-state index in [4.69, 9.17) is 4.74 Å². The van der Waals surface area contributed by atoms with E-state index < -0.39 is 0 Å². The largest absolute Gasteiger partial charge is 0.504 e. The van der Waals surface area contributed by atoms with Crippen LogP contribution in [-0.2, 0) is 4.79 Å². The molecule has 0 aromatic heterocycles. The number of hydrazone groups is 1. The zero-order valence-corrected chi connectivity index (χ0v) is 17.7. The van der Waals surface area contributed by atoms with E-state index in [-0.39, 0.29) is 11.7 Å². The minimum atomic E-state index is -0.0593. The number of rotatable bonds is 16. The van der Waals surface area contributed by atoms with Crippen molar-refractivity contribution in [3.05, 3.63) is 23.8 Å². The van der Waals surface area contributed by atoms with Crippen LogP contribution in [0.1, 0.15) is 96.5 Å². The fourth-order valence-electron chi connectivity index (χ4n) is 3.07. The number of nitrogens with zero attached hydrogens (tertiary/aromatic N) is 1. The second-order valence-electron chi connectivity index (χ2n) is 7.24. The first-order valence-electron chi connectivity index (χ1n) is 10.9. The highest BCUT2D eigenvalue weighted by molar-refractivity contribution is 5.83. The summed E-state index contributed by atoms with van der Waals surface area (Å²) in [5.41, 5.74) is 3.32. The Balaban J connectivity index is 2.06. The van der Waals surface area contributed by atoms with Crippen LogP contribution >= 0.6 is 0 Å². The van der Waals surface area contributed by atoms with E-state index in [0.29, 0.717) is 18.8 Å². The van der Waals surface area contributed by atoms with Gasteiger partial charge >= 0.3 is 0 Å². The van der Waals surface area contributed by atoms with Gasteiger partial charge in [-0.2, -0.15) is 5.10 Å². The number of unbranched alkanes of at least 4 members (excludes halogenated alkanes) is 10. The van der Waals surface area contributed by atoms with Gasteiger partial charge in [-0.3, -0.25) is 4.79 Å². The van der Waals surface area contributed by atoms with Crippen LogP contribution in [0, 0.1) is 0 Å². The van der Waals surface area contributed by atoms with Gasteiger partial charge in [0.05, 0.1) is 12.8 Å². The zero-order chi connectivity index (χ0) is 20.5. The summed E-state index contributed by atoms with van der Waals surface area (Å²) < 4.78 is 5.33. The molecular formula is C23H38N2O3. The van der Waals surface area contributed by atoms with E-state index in [2.05, 4.69) is 17.5 Å². The number of phenolic OH excluding ortho intramolecular Hbond substituents is 1. The lowest BCUT2D eigenvalue weighted by molar-refractivity contribution is -0.121. The van der Waals surface area contributed by atoms with Crippen molar-refractivity contribution in [2.75, 3.05) is 6.61 Å². The highest BCUT2D eigenvalue weighted by atomic mass is 16.5. The molecule has 5 heteroatoms. The van der Waals surface area contributed by atoms with Crippen LogP contribution in [0.5, 0.6) is 11.5 Å². The predicted molar refractivity (Wildman–Crippen MR) is 116 cm³/mol. The Morgan fingerprint density at radius 2 is 1.61 bits per heavy atom. The summed E-state index contributed by atoms with van der Waals surface area (Å²) in [5.74, 6) is 0.453. The Bertz CT molecular complexity index is 573. The summed E-state index contributed by atoms with van der Waals surface area (Å²) in [6, 6.07) is 4.97. The summed E-state index contributed by atoms with van der Waals surface area (Å²) in [7, 11) is 0. The van der Waals surface area contributed by atoms with Crippen LogP contribution in [0.4, 0.5) is 0 Å². The summed E-state index contributed by atoms with van der Waals surface area (Å²) in [6.45, 7) is 4.58. The Kier molecular flexibility index (Phi) is 13.7. The molecule has 1 rings (SSSR count). The summed E-state index contributed by atoms with van der Waals surface area (Å²) in [4.78, 5) is 11.8. The number of hydrogen-bond donors (Lipinski definition) is 2. The number of carbonyl (C=O) groups is 1. The number of carbonyl (C=O) groups excluding carboxylic acids is 1. The molecule has 0 atom stereocenters. The molecule has 158 valence electrons. The molecule has 0 heterocycles. The Morgan fingerprint density at radius 3 is 2.21 bits per heavy atom. The smallest absolute Gasteiger partial charge is 0.240 e. The highest BCUT2D eigenvalue weighted by Crippen LogP contribution is 2.26. The van der Waals surface area contributed by atoms with Crippen molar-refractivity contribution in [1.29, 1.82) is 0 Å². The Morgan fingerprint density at radius 1 is 1.00 bits per heavy atom. The van der Waals surface area contributed by atoms with Crippen LogP contribution in [0.3, 0.4) is 0 Å². The third-order valence-corrected chi connectivity index (χ3v) is 4.69. The molecule has 0 radical (unpaired) electrons. The van der Waals surface area contributed by atoms with E-state index in [1.807, 2.05) is 6.92 Å². The van der Waals surface area contributed by atoms with Gasteiger partial charge in [-0.05, 0) is 37.1 Å². The molecule has 0 aliphatic carbocycles. The summed E-state index contributed by atoms with van der Waals surface area (Å²) in [6.07, 6.45) is 16.0. The molecular weight excluding hydrogens is 352 g/mol. The van der Waals surface area contributed by atoms with E-state index in [9.17, 15) is 9.90 Å². The van der Waals surface area contributed by atoms with Gasteiger partial charge in [0.2, 0.25) is 5.91 Å². The summed E-state index contributed by atoms with van der Waals surface area (Å²) >= 11 is 0. The van der Waals surface area contributed by atoms with Crippen molar-refractivity contribution in [2.45, 2.75) is 90.9 Å². The Hall–Kier alpha value is -2.04. The van der Waals surface area contributed by atoms with Crippen molar-refractivity contribution < 1.29 is 14.6 Å². The van der Waals surface area contributed by atoms with Crippen molar-refractivity contribution in [3.63, 3.8) is 0 Å². The molecule has 0 saturated carbocycles. The molecule has 0 saturated heterocycles. The lowest BCUT2D eigenvalue weighted by Gasteiger charge is -2.06. The van der Waals surface area contributed by atoms with Crippen LogP contribution in [0.15, 0.2) is 23.3 Å². The van der Waals surface area contributed by atoms with Gasteiger partial charge in [-0.25, -0.2) is 5.43 Å². The minimum absolute atomic E-state index is 0.0593. The van der Waals surface area contributed by atoms with Gasteiger partial charge in [0.25, 0.3) is 0 Å². The quantitative estimate of drug-likeness (QED) is 0.208. The van der Waals surface area contributed by atoms with E-state index in [0.717, 1.165) is 18.4 Å². The lowest BCUT2D eigenvalue weighted by Crippen LogP contribution is -2.16. The van der Waals surface area contributed by atoms with Crippen LogP contribution in [-0.4, -0.2) is 23.8 Å². The van der Waals surface area contributed by atoms with E-state index >= 15 is 0 Å². The number of benzene rings is 1. The minimum Gasteiger partial charge on any atom is -0.504 e. The molecule has 0 bridgehead atoms. The van der Waals surface area contributed by atoms with E-state index in [1.165, 1.54) is 57.8 Å². The van der Waals surface area contributed by atoms with Crippen LogP contribution in [0.25, 0.3) is 0 Å². The molecule has 0 unspecified atom stereocenters. The SMILES string of the molecule is CCCCCCCCCCCCCC(=O)NN=Cc1ccc(O)c(OCC)c1. The fourth-order valence-corrected chi connectivity index (χ4v) is 3.07. The van der Waals surface area contributed by atoms with Crippen molar-refractivity contribution in [3.8, 4) is 11.5 Å². The van der Waals surface area contributed by atoms with Crippen molar-refractivity contribution in [2.24, 2.45) is 5.10 Å². The van der Waals surface area contributed by atoms with Gasteiger partial charge in [0.1, 0.15) is 0 Å². The van der Waals surface area contributed by atoms with E-state index in [1.54, 1.807) is 24.4 Å². The average molecular weight is 391 g/mol. The first kappa shape index (κ1) is 24.0. The second kappa shape index (κ2) is 16.0. The molecule has 0 spiro atoms. The summed E-state index contributed by atoms with van der Waals surface area (Å²) in [5, 5.41) is 13.7. The maximum absolute atomic E-state index is 11.8. The second-order valence-corrected chi connectivity index (χ2v) is 7.24.